The van der Waals surface area contributed by atoms with Crippen LogP contribution in [0.2, 0.25) is 0 Å². The van der Waals surface area contributed by atoms with Gasteiger partial charge < -0.3 is 13.8 Å². The number of hydroxylamine groups is 2. The Kier molecular flexibility index (Phi) is 12.4. The summed E-state index contributed by atoms with van der Waals surface area (Å²) in [5, 5.41) is 0.694. The van der Waals surface area contributed by atoms with Crippen molar-refractivity contribution < 1.29 is 28.0 Å². The monoisotopic (exact) mass is 581 g/mol. The van der Waals surface area contributed by atoms with E-state index in [4.69, 9.17) is 51.9 Å². The predicted octanol–water partition coefficient (Wildman–Crippen LogP) is 7.49. The fourth-order valence-corrected chi connectivity index (χ4v) is 8.41. The number of esters is 1. The number of nitrogens with zero attached hydrogens (tertiary/aromatic N) is 1. The van der Waals surface area contributed by atoms with E-state index >= 15 is 0 Å². The number of halogens is 3. The van der Waals surface area contributed by atoms with Crippen LogP contribution in [0.4, 0.5) is 0 Å². The van der Waals surface area contributed by atoms with Crippen LogP contribution in [0.25, 0.3) is 0 Å². The highest BCUT2D eigenvalue weighted by Crippen LogP contribution is 2.68. The Morgan fingerprint density at radius 2 is 1.53 bits per heavy atom. The first-order valence-electron chi connectivity index (χ1n) is 12.0. The molecule has 202 valence electrons. The van der Waals surface area contributed by atoms with Gasteiger partial charge in [-0.1, -0.05) is 40.0 Å². The first kappa shape index (κ1) is 32.7. The second-order valence-corrected chi connectivity index (χ2v) is 22.1. The number of hydrogen-bond acceptors (Lipinski definition) is 7. The van der Waals surface area contributed by atoms with Crippen LogP contribution in [0.15, 0.2) is 0 Å². The second kappa shape index (κ2) is 12.9. The summed E-state index contributed by atoms with van der Waals surface area (Å²) in [5.41, 5.74) is -0.703. The van der Waals surface area contributed by atoms with Crippen molar-refractivity contribution in [2.75, 3.05) is 19.4 Å². The Morgan fingerprint density at radius 1 is 1.03 bits per heavy atom. The van der Waals surface area contributed by atoms with Crippen LogP contribution in [0.5, 0.6) is 0 Å². The van der Waals surface area contributed by atoms with Crippen molar-refractivity contribution in [3.63, 3.8) is 0 Å². The zero-order valence-electron chi connectivity index (χ0n) is 21.9. The maximum atomic E-state index is 14.4. The molecule has 1 aliphatic carbocycles. The molecule has 0 spiro atoms. The van der Waals surface area contributed by atoms with E-state index < -0.39 is 36.5 Å². The Hall–Kier alpha value is 0.627. The van der Waals surface area contributed by atoms with Crippen LogP contribution in [-0.2, 0) is 28.0 Å². The van der Waals surface area contributed by atoms with Gasteiger partial charge in [0.1, 0.15) is 11.5 Å². The minimum atomic E-state index is -3.68. The lowest BCUT2D eigenvalue weighted by molar-refractivity contribution is -0.288. The maximum absolute atomic E-state index is 14.4. The molecular formula is C22H43Cl3NO6PSi. The fraction of sp³-hybridized carbons (Fsp3) is 0.955. The maximum Gasteiger partial charge on any atom is 0.378 e. The third kappa shape index (κ3) is 9.18. The zero-order chi connectivity index (χ0) is 26.4. The normalized spacial score (nSPS) is 18.7. The smallest absolute Gasteiger partial charge is 0.378 e. The molecule has 0 aromatic carbocycles. The third-order valence-corrected chi connectivity index (χ3v) is 9.92. The predicted molar refractivity (Wildman–Crippen MR) is 141 cm³/mol. The van der Waals surface area contributed by atoms with Gasteiger partial charge in [0.25, 0.3) is 0 Å². The largest absolute Gasteiger partial charge is 0.463 e. The molecule has 1 aliphatic rings. The van der Waals surface area contributed by atoms with E-state index in [9.17, 15) is 9.36 Å². The van der Waals surface area contributed by atoms with Gasteiger partial charge in [-0.05, 0) is 59.3 Å². The Morgan fingerprint density at radius 3 is 1.94 bits per heavy atom. The summed E-state index contributed by atoms with van der Waals surface area (Å²) < 4.78 is 31.5. The van der Waals surface area contributed by atoms with Gasteiger partial charge in [0.15, 0.2) is 6.10 Å². The van der Waals surface area contributed by atoms with Crippen LogP contribution in [0, 0.1) is 5.41 Å². The zero-order valence-corrected chi connectivity index (χ0v) is 26.1. The van der Waals surface area contributed by atoms with E-state index in [1.807, 2.05) is 13.8 Å². The molecule has 0 aliphatic heterocycles. The number of carbonyl (C=O) groups excluding carboxylic acids is 1. The first-order valence-corrected chi connectivity index (χ1v) is 18.8. The molecule has 0 saturated heterocycles. The summed E-state index contributed by atoms with van der Waals surface area (Å²) in [6.07, 6.45) is 3.22. The van der Waals surface area contributed by atoms with Crippen molar-refractivity contribution in [1.29, 1.82) is 0 Å². The van der Waals surface area contributed by atoms with E-state index in [2.05, 4.69) is 20.8 Å². The number of ether oxygens (including phenoxy) is 1. The average Bonchev–Trinajstić information content (AvgIpc) is 2.68. The van der Waals surface area contributed by atoms with Crippen molar-refractivity contribution in [2.24, 2.45) is 5.41 Å². The van der Waals surface area contributed by atoms with E-state index in [-0.39, 0.29) is 24.9 Å². The number of rotatable bonds is 13. The fourth-order valence-electron chi connectivity index (χ4n) is 4.97. The highest BCUT2D eigenvalue weighted by Gasteiger charge is 2.60. The highest BCUT2D eigenvalue weighted by atomic mass is 35.8. The van der Waals surface area contributed by atoms with Crippen LogP contribution < -0.4 is 0 Å². The summed E-state index contributed by atoms with van der Waals surface area (Å²) in [7, 11) is -3.68. The first-order chi connectivity index (χ1) is 15.4. The van der Waals surface area contributed by atoms with Crippen LogP contribution in [0.3, 0.4) is 0 Å². The topological polar surface area (TPSA) is 74.3 Å². The molecule has 0 radical (unpaired) electrons. The molecule has 1 unspecified atom stereocenters. The van der Waals surface area contributed by atoms with Crippen molar-refractivity contribution in [3.8, 4) is 0 Å². The molecule has 1 fully saturated rings. The highest BCUT2D eigenvalue weighted by molar-refractivity contribution is 7.64. The number of hydrogen-bond donors (Lipinski definition) is 0. The summed E-state index contributed by atoms with van der Waals surface area (Å²) >= 11 is 17.6. The lowest BCUT2D eigenvalue weighted by Gasteiger charge is -2.55. The Labute approximate surface area is 221 Å². The van der Waals surface area contributed by atoms with Crippen LogP contribution in [-0.4, -0.2) is 53.4 Å². The molecule has 0 aromatic rings. The molecule has 0 heterocycles. The van der Waals surface area contributed by atoms with Crippen molar-refractivity contribution in [3.05, 3.63) is 0 Å². The molecule has 0 aromatic heterocycles. The lowest BCUT2D eigenvalue weighted by Crippen LogP contribution is -2.61. The average molecular weight is 583 g/mol. The van der Waals surface area contributed by atoms with Crippen LogP contribution >= 0.6 is 40.8 Å². The molecule has 7 nitrogen and oxygen atoms in total. The van der Waals surface area contributed by atoms with Crippen molar-refractivity contribution >= 4 is 52.8 Å². The van der Waals surface area contributed by atoms with Gasteiger partial charge in [-0.3, -0.25) is 9.40 Å². The molecule has 34 heavy (non-hydrogen) atoms. The Bertz CT molecular complexity index is 698. The third-order valence-electron chi connectivity index (χ3n) is 5.63. The van der Waals surface area contributed by atoms with Crippen molar-refractivity contribution in [1.82, 2.24) is 5.06 Å². The summed E-state index contributed by atoms with van der Waals surface area (Å²) in [5.74, 6) is -0.649. The van der Waals surface area contributed by atoms with Crippen molar-refractivity contribution in [2.45, 2.75) is 111 Å². The molecule has 0 bridgehead atoms. The van der Waals surface area contributed by atoms with E-state index in [0.717, 1.165) is 19.3 Å². The lowest BCUT2D eigenvalue weighted by atomic mass is 9.80. The number of carbonyl (C=O) groups is 1. The van der Waals surface area contributed by atoms with E-state index in [1.165, 1.54) is 0 Å². The van der Waals surface area contributed by atoms with Gasteiger partial charge >= 0.3 is 19.6 Å². The van der Waals surface area contributed by atoms with Gasteiger partial charge in [-0.15, -0.1) is 33.2 Å². The molecule has 0 N–H and O–H groups in total. The van der Waals surface area contributed by atoms with E-state index in [0.29, 0.717) is 19.3 Å². The Balaban J connectivity index is 3.53. The standard InChI is InChI=1S/C22H43Cl3NO6PSi/c1-9-30-33(28,31-10-2)22(14-12-11-13-15-22)26(21(7,8)16-20(4,5)6)32-18(3)19(27)29-17-34(23,24)25/h18H,9-17H2,1-8H3. The van der Waals surface area contributed by atoms with Gasteiger partial charge in [-0.25, -0.2) is 4.79 Å². The van der Waals surface area contributed by atoms with Gasteiger partial charge in [-0.2, -0.15) is 5.06 Å². The minimum absolute atomic E-state index is 0.0764. The van der Waals surface area contributed by atoms with Crippen LogP contribution in [0.1, 0.15) is 93.9 Å². The molecular weight excluding hydrogens is 540 g/mol. The van der Waals surface area contributed by atoms with Gasteiger partial charge in [0, 0.05) is 5.54 Å². The molecule has 1 saturated carbocycles. The molecule has 0 amide bonds. The minimum Gasteiger partial charge on any atom is -0.463 e. The summed E-state index contributed by atoms with van der Waals surface area (Å²) in [6.45, 7) is 16.1. The quantitative estimate of drug-likeness (QED) is 0.0732. The van der Waals surface area contributed by atoms with Gasteiger partial charge in [0.2, 0.25) is 0 Å². The SMILES string of the molecule is CCOP(=O)(OCC)C1(N(OC(C)C(=O)OC[Si](Cl)(Cl)Cl)C(C)(C)CC(C)(C)C)CCCCC1. The molecule has 1 atom stereocenters. The second-order valence-electron chi connectivity index (χ2n) is 10.7. The summed E-state index contributed by atoms with van der Waals surface area (Å²) in [6, 6.07) is -3.15. The summed E-state index contributed by atoms with van der Waals surface area (Å²) in [4.78, 5) is 19.1. The molecule has 12 heteroatoms. The molecule has 1 rings (SSSR count). The van der Waals surface area contributed by atoms with Gasteiger partial charge in [0.05, 0.1) is 13.2 Å². The van der Waals surface area contributed by atoms with E-state index in [1.54, 1.807) is 25.8 Å².